The van der Waals surface area contributed by atoms with Crippen LogP contribution in [0, 0.1) is 0 Å². The Morgan fingerprint density at radius 2 is 1.81 bits per heavy atom. The monoisotopic (exact) mass is 353 g/mol. The van der Waals surface area contributed by atoms with Gasteiger partial charge in [0.2, 0.25) is 5.89 Å². The largest absolute Gasteiger partial charge is 0.415 e. The van der Waals surface area contributed by atoms with Crippen LogP contribution in [0.3, 0.4) is 0 Å². The second-order valence-electron chi connectivity index (χ2n) is 5.58. The summed E-state index contributed by atoms with van der Waals surface area (Å²) in [5.74, 6) is -0.677. The standard InChI is InChI=1S/C18H13F2N5O/c19-16(20)18-24-23-17(26-18)13-6-7-14(21-8-13)9-25-10-15(22-11-25)12-4-2-1-3-5-12/h1-8,10-11,16H,9H2. The number of aromatic nitrogens is 5. The van der Waals surface area contributed by atoms with Gasteiger partial charge in [-0.1, -0.05) is 30.3 Å². The Balaban J connectivity index is 1.48. The van der Waals surface area contributed by atoms with E-state index in [-0.39, 0.29) is 5.89 Å². The first kappa shape index (κ1) is 16.1. The van der Waals surface area contributed by atoms with Gasteiger partial charge in [0, 0.05) is 18.0 Å². The fourth-order valence-corrected chi connectivity index (χ4v) is 2.48. The van der Waals surface area contributed by atoms with Crippen LogP contribution < -0.4 is 0 Å². The van der Waals surface area contributed by atoms with Crippen LogP contribution in [0.4, 0.5) is 8.78 Å². The van der Waals surface area contributed by atoms with Crippen LogP contribution >= 0.6 is 0 Å². The first-order valence-corrected chi connectivity index (χ1v) is 7.83. The number of benzene rings is 1. The Kier molecular flexibility index (Phi) is 4.22. The number of pyridine rings is 1. The van der Waals surface area contributed by atoms with Crippen LogP contribution in [0.25, 0.3) is 22.7 Å². The Labute approximate surface area is 147 Å². The second-order valence-corrected chi connectivity index (χ2v) is 5.58. The first-order chi connectivity index (χ1) is 12.7. The van der Waals surface area contributed by atoms with Gasteiger partial charge in [-0.3, -0.25) is 4.98 Å². The molecule has 0 aliphatic rings. The SMILES string of the molecule is FC(F)c1nnc(-c2ccc(Cn3cnc(-c4ccccc4)c3)nc2)o1. The third-order valence-electron chi connectivity index (χ3n) is 3.75. The topological polar surface area (TPSA) is 69.6 Å². The molecule has 0 aliphatic carbocycles. The molecular formula is C18H13F2N5O. The third-order valence-corrected chi connectivity index (χ3v) is 3.75. The van der Waals surface area contributed by atoms with E-state index in [0.29, 0.717) is 12.1 Å². The highest BCUT2D eigenvalue weighted by atomic mass is 19.3. The number of alkyl halides is 2. The lowest BCUT2D eigenvalue weighted by molar-refractivity contribution is 0.116. The Bertz CT molecular complexity index is 996. The van der Waals surface area contributed by atoms with Crippen molar-refractivity contribution >= 4 is 0 Å². The van der Waals surface area contributed by atoms with Crippen molar-refractivity contribution in [2.24, 2.45) is 0 Å². The predicted octanol–water partition coefficient (Wildman–Crippen LogP) is 3.98. The van der Waals surface area contributed by atoms with E-state index >= 15 is 0 Å². The van der Waals surface area contributed by atoms with E-state index in [4.69, 9.17) is 4.42 Å². The molecule has 8 heteroatoms. The van der Waals surface area contributed by atoms with Gasteiger partial charge in [0.15, 0.2) is 0 Å². The molecule has 0 bridgehead atoms. The molecule has 0 unspecified atom stereocenters. The van der Waals surface area contributed by atoms with Crippen molar-refractivity contribution < 1.29 is 13.2 Å². The molecule has 26 heavy (non-hydrogen) atoms. The summed E-state index contributed by atoms with van der Waals surface area (Å²) in [6.07, 6.45) is 2.42. The molecule has 4 aromatic rings. The summed E-state index contributed by atoms with van der Waals surface area (Å²) in [7, 11) is 0. The van der Waals surface area contributed by atoms with Gasteiger partial charge < -0.3 is 8.98 Å². The molecule has 4 rings (SSSR count). The molecule has 6 nitrogen and oxygen atoms in total. The van der Waals surface area contributed by atoms with Gasteiger partial charge in [-0.05, 0) is 12.1 Å². The van der Waals surface area contributed by atoms with Gasteiger partial charge in [0.25, 0.3) is 5.89 Å². The van der Waals surface area contributed by atoms with Crippen molar-refractivity contribution in [1.82, 2.24) is 24.7 Å². The van der Waals surface area contributed by atoms with E-state index in [1.165, 1.54) is 6.20 Å². The number of nitrogens with zero attached hydrogens (tertiary/aromatic N) is 5. The van der Waals surface area contributed by atoms with Gasteiger partial charge in [0.1, 0.15) is 0 Å². The highest BCUT2D eigenvalue weighted by molar-refractivity contribution is 5.57. The van der Waals surface area contributed by atoms with Gasteiger partial charge in [-0.2, -0.15) is 8.78 Å². The van der Waals surface area contributed by atoms with Gasteiger partial charge in [-0.25, -0.2) is 4.98 Å². The minimum atomic E-state index is -2.79. The number of hydrogen-bond acceptors (Lipinski definition) is 5. The number of rotatable bonds is 5. The molecule has 0 fully saturated rings. The zero-order valence-electron chi connectivity index (χ0n) is 13.5. The van der Waals surface area contributed by atoms with Crippen LogP contribution in [0.5, 0.6) is 0 Å². The summed E-state index contributed by atoms with van der Waals surface area (Å²) in [5, 5.41) is 6.91. The van der Waals surface area contributed by atoms with Crippen LogP contribution in [0.15, 0.2) is 65.6 Å². The summed E-state index contributed by atoms with van der Waals surface area (Å²) in [6, 6.07) is 13.4. The van der Waals surface area contributed by atoms with Crippen molar-refractivity contribution in [3.8, 4) is 22.7 Å². The zero-order valence-corrected chi connectivity index (χ0v) is 13.5. The van der Waals surface area contributed by atoms with Gasteiger partial charge in [-0.15, -0.1) is 10.2 Å². The summed E-state index contributed by atoms with van der Waals surface area (Å²) >= 11 is 0. The zero-order chi connectivity index (χ0) is 17.9. The lowest BCUT2D eigenvalue weighted by atomic mass is 10.2. The van der Waals surface area contributed by atoms with Crippen molar-refractivity contribution in [2.75, 3.05) is 0 Å². The number of halogens is 2. The van der Waals surface area contributed by atoms with Crippen molar-refractivity contribution in [2.45, 2.75) is 13.0 Å². The van der Waals surface area contributed by atoms with Crippen LogP contribution in [0.2, 0.25) is 0 Å². The van der Waals surface area contributed by atoms with Crippen molar-refractivity contribution in [1.29, 1.82) is 0 Å². The highest BCUT2D eigenvalue weighted by Crippen LogP contribution is 2.23. The smallest absolute Gasteiger partial charge is 0.314 e. The first-order valence-electron chi connectivity index (χ1n) is 7.83. The van der Waals surface area contributed by atoms with E-state index in [9.17, 15) is 8.78 Å². The van der Waals surface area contributed by atoms with Crippen LogP contribution in [0.1, 0.15) is 18.0 Å². The molecule has 0 spiro atoms. The third kappa shape index (κ3) is 3.34. The average molecular weight is 353 g/mol. The van der Waals surface area contributed by atoms with Crippen molar-refractivity contribution in [3.63, 3.8) is 0 Å². The quantitative estimate of drug-likeness (QED) is 0.543. The second kappa shape index (κ2) is 6.83. The fourth-order valence-electron chi connectivity index (χ4n) is 2.48. The van der Waals surface area contributed by atoms with Gasteiger partial charge >= 0.3 is 6.43 Å². The summed E-state index contributed by atoms with van der Waals surface area (Å²) < 4.78 is 31.8. The molecule has 0 N–H and O–H groups in total. The lowest BCUT2D eigenvalue weighted by Gasteiger charge is -2.02. The average Bonchev–Trinajstić information content (AvgIpc) is 3.33. The summed E-state index contributed by atoms with van der Waals surface area (Å²) in [6.45, 7) is 0.534. The number of imidazole rings is 1. The molecule has 0 amide bonds. The maximum absolute atomic E-state index is 12.5. The molecule has 0 aliphatic heterocycles. The lowest BCUT2D eigenvalue weighted by Crippen LogP contribution is -1.99. The van der Waals surface area contributed by atoms with Crippen molar-refractivity contribution in [3.05, 3.63) is 72.8 Å². The Hall–Kier alpha value is -3.42. The highest BCUT2D eigenvalue weighted by Gasteiger charge is 2.17. The number of hydrogen-bond donors (Lipinski definition) is 0. The molecule has 0 saturated heterocycles. The molecule has 3 aromatic heterocycles. The van der Waals surface area contributed by atoms with Gasteiger partial charge in [0.05, 0.1) is 29.8 Å². The van der Waals surface area contributed by atoms with Crippen LogP contribution in [-0.2, 0) is 6.54 Å². The normalized spacial score (nSPS) is 11.2. The minimum absolute atomic E-state index is 0.0216. The molecule has 1 aromatic carbocycles. The predicted molar refractivity (Wildman–Crippen MR) is 89.3 cm³/mol. The maximum atomic E-state index is 12.5. The van der Waals surface area contributed by atoms with E-state index in [0.717, 1.165) is 17.0 Å². The molecule has 3 heterocycles. The fraction of sp³-hybridized carbons (Fsp3) is 0.111. The van der Waals surface area contributed by atoms with E-state index in [1.54, 1.807) is 18.5 Å². The molecular weight excluding hydrogens is 340 g/mol. The molecule has 130 valence electrons. The van der Waals surface area contributed by atoms with Crippen LogP contribution in [-0.4, -0.2) is 24.7 Å². The molecule has 0 atom stereocenters. The maximum Gasteiger partial charge on any atom is 0.314 e. The van der Waals surface area contributed by atoms with E-state index in [2.05, 4.69) is 20.2 Å². The summed E-state index contributed by atoms with van der Waals surface area (Å²) in [4.78, 5) is 8.72. The molecule has 0 saturated carbocycles. The Morgan fingerprint density at radius 3 is 2.50 bits per heavy atom. The summed E-state index contributed by atoms with van der Waals surface area (Å²) in [5.41, 5.74) is 3.21. The Morgan fingerprint density at radius 1 is 0.962 bits per heavy atom. The molecule has 0 radical (unpaired) electrons. The van der Waals surface area contributed by atoms with E-state index in [1.807, 2.05) is 41.1 Å². The van der Waals surface area contributed by atoms with E-state index < -0.39 is 12.3 Å². The minimum Gasteiger partial charge on any atom is -0.415 e.